The normalized spacial score (nSPS) is 12.1. The van der Waals surface area contributed by atoms with Crippen molar-refractivity contribution in [3.05, 3.63) is 108 Å². The molecule has 4 aromatic rings. The second kappa shape index (κ2) is 10.2. The van der Waals surface area contributed by atoms with E-state index in [0.717, 1.165) is 44.9 Å². The molecule has 3 heteroatoms. The molecule has 0 saturated carbocycles. The Balaban J connectivity index is 1.59. The van der Waals surface area contributed by atoms with Gasteiger partial charge in [-0.1, -0.05) is 60.7 Å². The van der Waals surface area contributed by atoms with E-state index in [0.29, 0.717) is 0 Å². The molecule has 0 spiro atoms. The molecule has 4 rings (SSSR count). The zero-order chi connectivity index (χ0) is 23.2. The van der Waals surface area contributed by atoms with Crippen LogP contribution in [0.2, 0.25) is 0 Å². The zero-order valence-corrected chi connectivity index (χ0v) is 19.2. The molecule has 166 valence electrons. The van der Waals surface area contributed by atoms with Gasteiger partial charge in [0.15, 0.2) is 0 Å². The van der Waals surface area contributed by atoms with E-state index in [4.69, 9.17) is 14.6 Å². The molecular formula is C30H28O3. The van der Waals surface area contributed by atoms with Crippen molar-refractivity contribution >= 4 is 21.9 Å². The van der Waals surface area contributed by atoms with Gasteiger partial charge in [-0.3, -0.25) is 0 Å². The highest BCUT2D eigenvalue weighted by Crippen LogP contribution is 2.36. The molecule has 3 nitrogen and oxygen atoms in total. The Bertz CT molecular complexity index is 1300. The lowest BCUT2D eigenvalue weighted by molar-refractivity contribution is 0.343. The molecule has 0 heterocycles. The van der Waals surface area contributed by atoms with Gasteiger partial charge in [0, 0.05) is 10.8 Å². The van der Waals surface area contributed by atoms with Crippen LogP contribution >= 0.6 is 0 Å². The van der Waals surface area contributed by atoms with Crippen molar-refractivity contribution in [1.29, 1.82) is 0 Å². The Labute approximate surface area is 195 Å². The molecule has 0 atom stereocenters. The lowest BCUT2D eigenvalue weighted by atomic mass is 10.1. The number of hydrogen-bond donors (Lipinski definition) is 1. The molecule has 0 fully saturated rings. The average Bonchev–Trinajstić information content (AvgIpc) is 2.85. The third-order valence-electron chi connectivity index (χ3n) is 5.75. The Kier molecular flexibility index (Phi) is 6.92. The standard InChI is InChI=1S/C30H28O3/c1-4-21(2)23-11-15-25(16-12-23)32-29-9-5-8-28-27(29)7-6-10-30(28)33-26-17-13-24(14-18-26)22(3)19-20-31/h4-19,31H,20H2,1-3H3. The van der Waals surface area contributed by atoms with E-state index < -0.39 is 0 Å². The number of hydrogen-bond acceptors (Lipinski definition) is 3. The van der Waals surface area contributed by atoms with E-state index in [1.807, 2.05) is 86.6 Å². The van der Waals surface area contributed by atoms with Gasteiger partial charge in [0.05, 0.1) is 6.61 Å². The van der Waals surface area contributed by atoms with Gasteiger partial charge in [0.2, 0.25) is 0 Å². The molecule has 0 radical (unpaired) electrons. The Hall–Kier alpha value is -3.82. The molecule has 0 amide bonds. The Morgan fingerprint density at radius 2 is 1.12 bits per heavy atom. The SMILES string of the molecule is CC=C(C)c1ccc(Oc2cccc3c(Oc4ccc(C(C)=CCO)cc4)cccc23)cc1. The smallest absolute Gasteiger partial charge is 0.135 e. The largest absolute Gasteiger partial charge is 0.457 e. The van der Waals surface area contributed by atoms with Crippen molar-refractivity contribution < 1.29 is 14.6 Å². The fraction of sp³-hybridized carbons (Fsp3) is 0.133. The maximum absolute atomic E-state index is 9.09. The number of benzene rings is 4. The lowest BCUT2D eigenvalue weighted by Gasteiger charge is -2.13. The first-order chi connectivity index (χ1) is 16.1. The van der Waals surface area contributed by atoms with E-state index in [1.54, 1.807) is 6.08 Å². The molecule has 0 aromatic heterocycles. The minimum absolute atomic E-state index is 0.0318. The van der Waals surface area contributed by atoms with Crippen molar-refractivity contribution in [2.75, 3.05) is 6.61 Å². The highest BCUT2D eigenvalue weighted by atomic mass is 16.5. The molecule has 0 bridgehead atoms. The summed E-state index contributed by atoms with van der Waals surface area (Å²) in [4.78, 5) is 0. The predicted octanol–water partition coefficient (Wildman–Crippen LogP) is 8.24. The minimum atomic E-state index is 0.0318. The maximum atomic E-state index is 9.09. The molecular weight excluding hydrogens is 408 g/mol. The Morgan fingerprint density at radius 1 is 0.667 bits per heavy atom. The lowest BCUT2D eigenvalue weighted by Crippen LogP contribution is -1.90. The second-order valence-electron chi connectivity index (χ2n) is 7.90. The van der Waals surface area contributed by atoms with Crippen molar-refractivity contribution in [3.8, 4) is 23.0 Å². The topological polar surface area (TPSA) is 38.7 Å². The summed E-state index contributed by atoms with van der Waals surface area (Å²) in [6.45, 7) is 6.15. The summed E-state index contributed by atoms with van der Waals surface area (Å²) in [6.07, 6.45) is 3.89. The van der Waals surface area contributed by atoms with Gasteiger partial charge in [-0.05, 0) is 79.4 Å². The van der Waals surface area contributed by atoms with Crippen LogP contribution in [0.1, 0.15) is 31.9 Å². The third-order valence-corrected chi connectivity index (χ3v) is 5.75. The van der Waals surface area contributed by atoms with Crippen molar-refractivity contribution in [1.82, 2.24) is 0 Å². The number of fused-ring (bicyclic) bond motifs is 1. The van der Waals surface area contributed by atoms with Crippen LogP contribution in [0.3, 0.4) is 0 Å². The quantitative estimate of drug-likeness (QED) is 0.317. The zero-order valence-electron chi connectivity index (χ0n) is 19.2. The highest BCUT2D eigenvalue weighted by molar-refractivity contribution is 5.93. The monoisotopic (exact) mass is 436 g/mol. The first-order valence-electron chi connectivity index (χ1n) is 11.1. The molecule has 0 saturated heterocycles. The van der Waals surface area contributed by atoms with Gasteiger partial charge < -0.3 is 14.6 Å². The van der Waals surface area contributed by atoms with Crippen LogP contribution in [0.4, 0.5) is 0 Å². The minimum Gasteiger partial charge on any atom is -0.457 e. The molecule has 4 aromatic carbocycles. The van der Waals surface area contributed by atoms with Crippen LogP contribution in [0.25, 0.3) is 21.9 Å². The highest BCUT2D eigenvalue weighted by Gasteiger charge is 2.09. The number of rotatable bonds is 7. The Morgan fingerprint density at radius 3 is 1.55 bits per heavy atom. The third kappa shape index (κ3) is 5.16. The van der Waals surface area contributed by atoms with Crippen LogP contribution in [0, 0.1) is 0 Å². The molecule has 0 aliphatic rings. The average molecular weight is 437 g/mol. The summed E-state index contributed by atoms with van der Waals surface area (Å²) >= 11 is 0. The second-order valence-corrected chi connectivity index (χ2v) is 7.90. The van der Waals surface area contributed by atoms with Gasteiger partial charge in [0.1, 0.15) is 23.0 Å². The van der Waals surface area contributed by atoms with Crippen LogP contribution in [0.5, 0.6) is 23.0 Å². The van der Waals surface area contributed by atoms with E-state index in [2.05, 4.69) is 25.1 Å². The van der Waals surface area contributed by atoms with Crippen LogP contribution in [-0.2, 0) is 0 Å². The van der Waals surface area contributed by atoms with Gasteiger partial charge >= 0.3 is 0 Å². The molecule has 0 unspecified atom stereocenters. The van der Waals surface area contributed by atoms with E-state index in [9.17, 15) is 0 Å². The summed E-state index contributed by atoms with van der Waals surface area (Å²) in [5, 5.41) is 11.1. The van der Waals surface area contributed by atoms with Gasteiger partial charge in [0.25, 0.3) is 0 Å². The molecule has 33 heavy (non-hydrogen) atoms. The molecule has 0 aliphatic heterocycles. The van der Waals surface area contributed by atoms with Crippen molar-refractivity contribution in [2.45, 2.75) is 20.8 Å². The first kappa shape index (κ1) is 22.4. The van der Waals surface area contributed by atoms with Gasteiger partial charge in [-0.2, -0.15) is 0 Å². The van der Waals surface area contributed by atoms with Crippen LogP contribution in [-0.4, -0.2) is 11.7 Å². The number of aliphatic hydroxyl groups excluding tert-OH is 1. The van der Waals surface area contributed by atoms with Crippen LogP contribution < -0.4 is 9.47 Å². The van der Waals surface area contributed by atoms with Crippen molar-refractivity contribution in [3.63, 3.8) is 0 Å². The van der Waals surface area contributed by atoms with E-state index >= 15 is 0 Å². The first-order valence-corrected chi connectivity index (χ1v) is 11.1. The summed E-state index contributed by atoms with van der Waals surface area (Å²) in [7, 11) is 0. The van der Waals surface area contributed by atoms with E-state index in [1.165, 1.54) is 11.1 Å². The summed E-state index contributed by atoms with van der Waals surface area (Å²) < 4.78 is 12.4. The van der Waals surface area contributed by atoms with Crippen molar-refractivity contribution in [2.24, 2.45) is 0 Å². The fourth-order valence-electron chi connectivity index (χ4n) is 3.68. The predicted molar refractivity (Wildman–Crippen MR) is 137 cm³/mol. The number of ether oxygens (including phenoxy) is 2. The summed E-state index contributed by atoms with van der Waals surface area (Å²) in [5.74, 6) is 3.11. The van der Waals surface area contributed by atoms with Gasteiger partial charge in [-0.15, -0.1) is 0 Å². The molecule has 0 aliphatic carbocycles. The summed E-state index contributed by atoms with van der Waals surface area (Å²) in [6, 6.07) is 28.0. The van der Waals surface area contributed by atoms with Crippen LogP contribution in [0.15, 0.2) is 97.1 Å². The van der Waals surface area contributed by atoms with Gasteiger partial charge in [-0.25, -0.2) is 0 Å². The summed E-state index contributed by atoms with van der Waals surface area (Å²) in [5.41, 5.74) is 4.51. The number of allylic oxidation sites excluding steroid dienone is 3. The fourth-order valence-corrected chi connectivity index (χ4v) is 3.68. The maximum Gasteiger partial charge on any atom is 0.135 e. The molecule has 1 N–H and O–H groups in total. The number of aliphatic hydroxyl groups is 1. The van der Waals surface area contributed by atoms with E-state index in [-0.39, 0.29) is 6.61 Å².